The predicted octanol–water partition coefficient (Wildman–Crippen LogP) is 4.83. The summed E-state index contributed by atoms with van der Waals surface area (Å²) in [6, 6.07) is 13.7. The molecule has 2 N–H and O–H groups in total. The van der Waals surface area contributed by atoms with Crippen molar-refractivity contribution < 1.29 is 23.1 Å². The Morgan fingerprint density at radius 3 is 2.53 bits per heavy atom. The van der Waals surface area contributed by atoms with Crippen molar-refractivity contribution in [3.05, 3.63) is 59.9 Å². The Labute approximate surface area is 172 Å². The Hall–Kier alpha value is -3.60. The molecular formula is C19H14F3N5O2S. The van der Waals surface area contributed by atoms with Gasteiger partial charge >= 0.3 is 12.1 Å². The fourth-order valence-corrected chi connectivity index (χ4v) is 3.04. The van der Waals surface area contributed by atoms with Gasteiger partial charge in [0.2, 0.25) is 0 Å². The van der Waals surface area contributed by atoms with E-state index in [1.54, 1.807) is 17.5 Å². The third-order valence-corrected chi connectivity index (χ3v) is 4.39. The monoisotopic (exact) mass is 433 g/mol. The van der Waals surface area contributed by atoms with E-state index in [9.17, 15) is 13.2 Å². The van der Waals surface area contributed by atoms with Crippen LogP contribution >= 0.6 is 11.3 Å². The first-order chi connectivity index (χ1) is 14.2. The molecule has 0 saturated carbocycles. The van der Waals surface area contributed by atoms with Crippen molar-refractivity contribution in [3.8, 4) is 11.5 Å². The number of carbonyl (C=O) groups is 1. The number of hydrogen-bond donors (Lipinski definition) is 2. The Morgan fingerprint density at radius 2 is 1.87 bits per heavy atom. The summed E-state index contributed by atoms with van der Waals surface area (Å²) >= 11 is 1.62. The molecule has 0 bridgehead atoms. The van der Waals surface area contributed by atoms with Crippen LogP contribution in [-0.2, 0) is 4.79 Å². The average molecular weight is 433 g/mol. The lowest BCUT2D eigenvalue weighted by Gasteiger charge is -2.08. The number of halogens is 3. The van der Waals surface area contributed by atoms with Gasteiger partial charge in [-0.05, 0) is 37.3 Å². The molecule has 154 valence electrons. The van der Waals surface area contributed by atoms with Crippen LogP contribution < -0.4 is 5.32 Å². The minimum Gasteiger partial charge on any atom is -0.475 e. The minimum absolute atomic E-state index is 0.618. The number of aliphatic carboxylic acids is 1. The number of nitrogens with zero attached hydrogens (tertiary/aromatic N) is 4. The molecule has 0 aliphatic rings. The SMILES string of the molecule is Cc1cc(Nc2ccc3ncsc3c2)nc(-c2ccccn2)n1.O=C(O)C(F)(F)F. The Balaban J connectivity index is 0.000000318. The van der Waals surface area contributed by atoms with Crippen molar-refractivity contribution in [3.63, 3.8) is 0 Å². The van der Waals surface area contributed by atoms with Crippen molar-refractivity contribution in [2.24, 2.45) is 0 Å². The number of rotatable bonds is 3. The number of carboxylic acid groups (broad SMARTS) is 1. The lowest BCUT2D eigenvalue weighted by Crippen LogP contribution is -2.21. The van der Waals surface area contributed by atoms with Crippen LogP contribution in [0.25, 0.3) is 21.7 Å². The van der Waals surface area contributed by atoms with Gasteiger partial charge in [0.15, 0.2) is 5.82 Å². The molecule has 4 rings (SSSR count). The highest BCUT2D eigenvalue weighted by molar-refractivity contribution is 7.16. The molecule has 0 atom stereocenters. The molecule has 0 aliphatic carbocycles. The molecule has 7 nitrogen and oxygen atoms in total. The molecular weight excluding hydrogens is 419 g/mol. The van der Waals surface area contributed by atoms with E-state index in [-0.39, 0.29) is 0 Å². The molecule has 30 heavy (non-hydrogen) atoms. The third kappa shape index (κ3) is 5.47. The lowest BCUT2D eigenvalue weighted by molar-refractivity contribution is -0.192. The number of hydrogen-bond acceptors (Lipinski definition) is 7. The maximum Gasteiger partial charge on any atom is 0.490 e. The van der Waals surface area contributed by atoms with Crippen molar-refractivity contribution in [1.29, 1.82) is 0 Å². The second-order valence-corrected chi connectivity index (χ2v) is 6.78. The van der Waals surface area contributed by atoms with E-state index in [1.165, 1.54) is 0 Å². The van der Waals surface area contributed by atoms with E-state index < -0.39 is 12.1 Å². The first-order valence-electron chi connectivity index (χ1n) is 8.40. The minimum atomic E-state index is -5.08. The molecule has 0 radical (unpaired) electrons. The topological polar surface area (TPSA) is 101 Å². The van der Waals surface area contributed by atoms with E-state index in [2.05, 4.69) is 31.3 Å². The molecule has 0 spiro atoms. The number of pyridine rings is 1. The molecule has 4 aromatic rings. The standard InChI is InChI=1S/C17H13N5S.C2HF3O2/c1-11-8-16(22-17(20-11)14-4-2-3-7-18-14)21-12-5-6-13-15(9-12)23-10-19-13;3-2(4,5)1(6)7/h2-10H,1H3,(H,20,21,22);(H,6,7). The zero-order valence-electron chi connectivity index (χ0n) is 15.4. The highest BCUT2D eigenvalue weighted by Crippen LogP contribution is 2.25. The lowest BCUT2D eigenvalue weighted by atomic mass is 10.3. The molecule has 3 heterocycles. The molecule has 0 saturated heterocycles. The Kier molecular flexibility index (Phi) is 6.21. The molecule has 0 unspecified atom stereocenters. The number of alkyl halides is 3. The zero-order valence-corrected chi connectivity index (χ0v) is 16.2. The maximum absolute atomic E-state index is 10.6. The van der Waals surface area contributed by atoms with Gasteiger partial charge in [-0.15, -0.1) is 11.3 Å². The highest BCUT2D eigenvalue weighted by atomic mass is 32.1. The van der Waals surface area contributed by atoms with E-state index in [4.69, 9.17) is 9.90 Å². The fourth-order valence-electron chi connectivity index (χ4n) is 2.32. The summed E-state index contributed by atoms with van der Waals surface area (Å²) in [6.45, 7) is 1.95. The summed E-state index contributed by atoms with van der Waals surface area (Å²) in [5, 5.41) is 10.5. The van der Waals surface area contributed by atoms with Crippen LogP contribution in [0.2, 0.25) is 0 Å². The number of thiazole rings is 1. The largest absolute Gasteiger partial charge is 0.490 e. The third-order valence-electron chi connectivity index (χ3n) is 3.59. The van der Waals surface area contributed by atoms with Crippen molar-refractivity contribution in [2.75, 3.05) is 5.32 Å². The number of nitrogens with one attached hydrogen (secondary N) is 1. The van der Waals surface area contributed by atoms with Crippen LogP contribution in [0.3, 0.4) is 0 Å². The van der Waals surface area contributed by atoms with Crippen LogP contribution in [0.15, 0.2) is 54.2 Å². The summed E-state index contributed by atoms with van der Waals surface area (Å²) in [6.07, 6.45) is -3.34. The first-order valence-corrected chi connectivity index (χ1v) is 9.28. The Morgan fingerprint density at radius 1 is 1.10 bits per heavy atom. The summed E-state index contributed by atoms with van der Waals surface area (Å²) in [5.41, 5.74) is 5.49. The quantitative estimate of drug-likeness (QED) is 0.477. The Bertz CT molecular complexity index is 1170. The first kappa shape index (κ1) is 21.1. The molecule has 0 fully saturated rings. The summed E-state index contributed by atoms with van der Waals surface area (Å²) in [4.78, 5) is 26.5. The number of fused-ring (bicyclic) bond motifs is 1. The number of aryl methyl sites for hydroxylation is 1. The summed E-state index contributed by atoms with van der Waals surface area (Å²) in [5.74, 6) is -1.39. The normalized spacial score (nSPS) is 10.9. The average Bonchev–Trinajstić information content (AvgIpc) is 3.16. The summed E-state index contributed by atoms with van der Waals surface area (Å²) < 4.78 is 32.9. The number of aromatic nitrogens is 4. The van der Waals surface area contributed by atoms with Gasteiger partial charge in [-0.3, -0.25) is 4.98 Å². The smallest absolute Gasteiger partial charge is 0.475 e. The van der Waals surface area contributed by atoms with Gasteiger partial charge in [-0.25, -0.2) is 19.7 Å². The number of anilines is 2. The van der Waals surface area contributed by atoms with Crippen molar-refractivity contribution >= 4 is 39.0 Å². The fraction of sp³-hybridized carbons (Fsp3) is 0.105. The van der Waals surface area contributed by atoms with E-state index in [1.807, 2.05) is 48.8 Å². The number of carboxylic acids is 1. The summed E-state index contributed by atoms with van der Waals surface area (Å²) in [7, 11) is 0. The molecule has 11 heteroatoms. The molecule has 3 aromatic heterocycles. The van der Waals surface area contributed by atoms with Crippen molar-refractivity contribution in [1.82, 2.24) is 19.9 Å². The van der Waals surface area contributed by atoms with Gasteiger partial charge in [0.1, 0.15) is 11.5 Å². The van der Waals surface area contributed by atoms with Crippen LogP contribution in [-0.4, -0.2) is 37.2 Å². The number of benzene rings is 1. The zero-order chi connectivity index (χ0) is 21.7. The van der Waals surface area contributed by atoms with Gasteiger partial charge in [-0.2, -0.15) is 13.2 Å². The van der Waals surface area contributed by atoms with Crippen molar-refractivity contribution in [2.45, 2.75) is 13.1 Å². The van der Waals surface area contributed by atoms with Crippen LogP contribution in [0.1, 0.15) is 5.69 Å². The van der Waals surface area contributed by atoms with Crippen LogP contribution in [0.4, 0.5) is 24.7 Å². The molecule has 0 amide bonds. The van der Waals surface area contributed by atoms with Crippen LogP contribution in [0.5, 0.6) is 0 Å². The van der Waals surface area contributed by atoms with Gasteiger partial charge in [0.05, 0.1) is 15.7 Å². The highest BCUT2D eigenvalue weighted by Gasteiger charge is 2.38. The van der Waals surface area contributed by atoms with E-state index >= 15 is 0 Å². The second kappa shape index (κ2) is 8.82. The predicted molar refractivity (Wildman–Crippen MR) is 107 cm³/mol. The van der Waals surface area contributed by atoms with Crippen LogP contribution in [0, 0.1) is 6.92 Å². The molecule has 1 aromatic carbocycles. The maximum atomic E-state index is 10.6. The molecule has 0 aliphatic heterocycles. The van der Waals surface area contributed by atoms with E-state index in [0.717, 1.165) is 33.1 Å². The van der Waals surface area contributed by atoms with Gasteiger partial charge < -0.3 is 10.4 Å². The van der Waals surface area contributed by atoms with Gasteiger partial charge in [0.25, 0.3) is 0 Å². The second-order valence-electron chi connectivity index (χ2n) is 5.90. The van der Waals surface area contributed by atoms with Gasteiger partial charge in [0, 0.05) is 23.6 Å². The van der Waals surface area contributed by atoms with E-state index in [0.29, 0.717) is 5.82 Å². The van der Waals surface area contributed by atoms with Gasteiger partial charge in [-0.1, -0.05) is 6.07 Å².